The molecule has 1 aromatic carbocycles. The first-order valence-electron chi connectivity index (χ1n) is 6.46. The van der Waals surface area contributed by atoms with Crippen LogP contribution in [0.15, 0.2) is 18.2 Å². The number of likely N-dealkylation sites (tertiary alicyclic amines) is 1. The fourth-order valence-corrected chi connectivity index (χ4v) is 2.95. The van der Waals surface area contributed by atoms with Gasteiger partial charge < -0.3 is 14.9 Å². The predicted octanol–water partition coefficient (Wildman–Crippen LogP) is 0.978. The average molecular weight is 260 g/mol. The quantitative estimate of drug-likeness (QED) is 0.861. The van der Waals surface area contributed by atoms with Crippen molar-refractivity contribution in [2.75, 3.05) is 25.0 Å². The summed E-state index contributed by atoms with van der Waals surface area (Å²) < 4.78 is 0. The SMILES string of the molecule is CN1CCC(N2CCc3ccc(C(=O)O)cc32)C1=O. The molecule has 1 atom stereocenters. The lowest BCUT2D eigenvalue weighted by atomic mass is 10.1. The van der Waals surface area contributed by atoms with Gasteiger partial charge in [0.05, 0.1) is 5.56 Å². The highest BCUT2D eigenvalue weighted by Crippen LogP contribution is 2.33. The molecule has 0 aromatic heterocycles. The minimum atomic E-state index is -0.926. The van der Waals surface area contributed by atoms with E-state index >= 15 is 0 Å². The number of carboxylic acid groups (broad SMARTS) is 1. The van der Waals surface area contributed by atoms with E-state index in [1.54, 1.807) is 17.0 Å². The summed E-state index contributed by atoms with van der Waals surface area (Å²) in [6.45, 7) is 1.57. The van der Waals surface area contributed by atoms with Crippen LogP contribution in [0.4, 0.5) is 5.69 Å². The van der Waals surface area contributed by atoms with Crippen LogP contribution < -0.4 is 4.90 Å². The summed E-state index contributed by atoms with van der Waals surface area (Å²) in [4.78, 5) is 26.9. The van der Waals surface area contributed by atoms with Gasteiger partial charge in [-0.3, -0.25) is 4.79 Å². The molecule has 1 amide bonds. The van der Waals surface area contributed by atoms with Crippen molar-refractivity contribution in [2.24, 2.45) is 0 Å². The average Bonchev–Trinajstić information content (AvgIpc) is 2.94. The van der Waals surface area contributed by atoms with E-state index < -0.39 is 5.97 Å². The number of likely N-dealkylation sites (N-methyl/N-ethyl adjacent to an activating group) is 1. The van der Waals surface area contributed by atoms with Crippen LogP contribution in [0, 0.1) is 0 Å². The molecule has 1 unspecified atom stereocenters. The van der Waals surface area contributed by atoms with Crippen molar-refractivity contribution in [1.82, 2.24) is 4.90 Å². The number of carbonyl (C=O) groups excluding carboxylic acids is 1. The third-order valence-electron chi connectivity index (χ3n) is 4.04. The molecule has 3 rings (SSSR count). The topological polar surface area (TPSA) is 60.9 Å². The number of nitrogens with zero attached hydrogens (tertiary/aromatic N) is 2. The van der Waals surface area contributed by atoms with Crippen LogP contribution in [-0.2, 0) is 11.2 Å². The van der Waals surface area contributed by atoms with Gasteiger partial charge in [-0.05, 0) is 30.5 Å². The number of anilines is 1. The van der Waals surface area contributed by atoms with Gasteiger partial charge in [0.25, 0.3) is 0 Å². The second kappa shape index (κ2) is 4.26. The summed E-state index contributed by atoms with van der Waals surface area (Å²) >= 11 is 0. The minimum Gasteiger partial charge on any atom is -0.478 e. The van der Waals surface area contributed by atoms with Gasteiger partial charge in [0.15, 0.2) is 0 Å². The first-order chi connectivity index (χ1) is 9.08. The Hall–Kier alpha value is -2.04. The molecule has 1 aromatic rings. The first kappa shape index (κ1) is 12.0. The van der Waals surface area contributed by atoms with Gasteiger partial charge in [-0.25, -0.2) is 4.79 Å². The Bertz CT molecular complexity index is 556. The molecule has 0 aliphatic carbocycles. The maximum Gasteiger partial charge on any atom is 0.335 e. The van der Waals surface area contributed by atoms with Gasteiger partial charge in [0, 0.05) is 25.8 Å². The van der Waals surface area contributed by atoms with E-state index in [2.05, 4.69) is 4.90 Å². The zero-order chi connectivity index (χ0) is 13.6. The second-order valence-corrected chi connectivity index (χ2v) is 5.16. The van der Waals surface area contributed by atoms with Crippen molar-refractivity contribution in [3.63, 3.8) is 0 Å². The third-order valence-corrected chi connectivity index (χ3v) is 4.04. The van der Waals surface area contributed by atoms with E-state index in [-0.39, 0.29) is 17.5 Å². The summed E-state index contributed by atoms with van der Waals surface area (Å²) in [5.41, 5.74) is 2.32. The largest absolute Gasteiger partial charge is 0.478 e. The molecule has 19 heavy (non-hydrogen) atoms. The van der Waals surface area contributed by atoms with E-state index in [4.69, 9.17) is 5.11 Å². The standard InChI is InChI=1S/C14H16N2O3/c1-15-6-5-11(13(15)17)16-7-4-9-2-3-10(14(18)19)8-12(9)16/h2-3,8,11H,4-7H2,1H3,(H,18,19). The number of rotatable bonds is 2. The van der Waals surface area contributed by atoms with E-state index in [1.807, 2.05) is 13.1 Å². The van der Waals surface area contributed by atoms with Crippen LogP contribution in [0.3, 0.4) is 0 Å². The summed E-state index contributed by atoms with van der Waals surface area (Å²) in [6, 6.07) is 5.06. The lowest BCUT2D eigenvalue weighted by Gasteiger charge is -2.25. The van der Waals surface area contributed by atoms with E-state index in [0.29, 0.717) is 0 Å². The van der Waals surface area contributed by atoms with Crippen LogP contribution in [-0.4, -0.2) is 48.1 Å². The highest BCUT2D eigenvalue weighted by atomic mass is 16.4. The Morgan fingerprint density at radius 2 is 2.16 bits per heavy atom. The van der Waals surface area contributed by atoms with Gasteiger partial charge in [0.2, 0.25) is 5.91 Å². The molecule has 1 N–H and O–H groups in total. The van der Waals surface area contributed by atoms with E-state index in [1.165, 1.54) is 0 Å². The monoisotopic (exact) mass is 260 g/mol. The molecule has 100 valence electrons. The number of aromatic carboxylic acids is 1. The molecule has 0 saturated carbocycles. The van der Waals surface area contributed by atoms with Gasteiger partial charge >= 0.3 is 5.97 Å². The first-order valence-corrected chi connectivity index (χ1v) is 6.46. The minimum absolute atomic E-state index is 0.129. The van der Waals surface area contributed by atoms with E-state index in [9.17, 15) is 9.59 Å². The van der Waals surface area contributed by atoms with Crippen LogP contribution in [0.1, 0.15) is 22.3 Å². The highest BCUT2D eigenvalue weighted by Gasteiger charge is 2.37. The van der Waals surface area contributed by atoms with Gasteiger partial charge in [0.1, 0.15) is 6.04 Å². The molecule has 0 spiro atoms. The highest BCUT2D eigenvalue weighted by molar-refractivity contribution is 5.91. The number of benzene rings is 1. The second-order valence-electron chi connectivity index (χ2n) is 5.16. The summed E-state index contributed by atoms with van der Waals surface area (Å²) in [5.74, 6) is -0.793. The summed E-state index contributed by atoms with van der Waals surface area (Å²) in [7, 11) is 1.81. The van der Waals surface area contributed by atoms with Gasteiger partial charge in [-0.15, -0.1) is 0 Å². The summed E-state index contributed by atoms with van der Waals surface area (Å²) in [5, 5.41) is 9.07. The maximum atomic E-state index is 12.1. The fraction of sp³-hybridized carbons (Fsp3) is 0.429. The Morgan fingerprint density at radius 1 is 1.37 bits per heavy atom. The molecular formula is C14H16N2O3. The number of amides is 1. The Balaban J connectivity index is 1.95. The molecule has 1 saturated heterocycles. The molecular weight excluding hydrogens is 244 g/mol. The molecule has 0 bridgehead atoms. The van der Waals surface area contributed by atoms with Crippen LogP contribution in [0.2, 0.25) is 0 Å². The normalized spacial score (nSPS) is 21.9. The lowest BCUT2D eigenvalue weighted by Crippen LogP contribution is -2.40. The van der Waals surface area contributed by atoms with Gasteiger partial charge in [-0.2, -0.15) is 0 Å². The predicted molar refractivity (Wildman–Crippen MR) is 70.5 cm³/mol. The van der Waals surface area contributed by atoms with Crippen LogP contribution in [0.25, 0.3) is 0 Å². The van der Waals surface area contributed by atoms with Crippen molar-refractivity contribution < 1.29 is 14.7 Å². The molecule has 0 radical (unpaired) electrons. The van der Waals surface area contributed by atoms with Crippen LogP contribution in [0.5, 0.6) is 0 Å². The van der Waals surface area contributed by atoms with Gasteiger partial charge in [-0.1, -0.05) is 6.07 Å². The molecule has 2 aliphatic heterocycles. The number of carboxylic acids is 1. The van der Waals surface area contributed by atoms with Crippen molar-refractivity contribution in [2.45, 2.75) is 18.9 Å². The molecule has 1 fully saturated rings. The molecule has 5 nitrogen and oxygen atoms in total. The lowest BCUT2D eigenvalue weighted by molar-refractivity contribution is -0.127. The number of fused-ring (bicyclic) bond motifs is 1. The number of hydrogen-bond donors (Lipinski definition) is 1. The van der Waals surface area contributed by atoms with E-state index in [0.717, 1.165) is 37.2 Å². The van der Waals surface area contributed by atoms with Crippen LogP contribution >= 0.6 is 0 Å². The third kappa shape index (κ3) is 1.85. The van der Waals surface area contributed by atoms with Crippen molar-refractivity contribution in [1.29, 1.82) is 0 Å². The van der Waals surface area contributed by atoms with Crippen molar-refractivity contribution in [3.05, 3.63) is 29.3 Å². The maximum absolute atomic E-state index is 12.1. The Morgan fingerprint density at radius 3 is 2.79 bits per heavy atom. The number of hydrogen-bond acceptors (Lipinski definition) is 3. The summed E-state index contributed by atoms with van der Waals surface area (Å²) in [6.07, 6.45) is 1.69. The number of carbonyl (C=O) groups is 2. The smallest absolute Gasteiger partial charge is 0.335 e. The zero-order valence-electron chi connectivity index (χ0n) is 10.8. The molecule has 5 heteroatoms. The Kier molecular flexibility index (Phi) is 2.69. The zero-order valence-corrected chi connectivity index (χ0v) is 10.8. The van der Waals surface area contributed by atoms with Crippen molar-refractivity contribution >= 4 is 17.6 Å². The van der Waals surface area contributed by atoms with Crippen molar-refractivity contribution in [3.8, 4) is 0 Å². The molecule has 2 aliphatic rings. The molecule has 2 heterocycles. The Labute approximate surface area is 111 Å². The fourth-order valence-electron chi connectivity index (χ4n) is 2.95.